The molecule has 0 aromatic carbocycles. The van der Waals surface area contributed by atoms with Gasteiger partial charge in [-0.25, -0.2) is 0 Å². The summed E-state index contributed by atoms with van der Waals surface area (Å²) >= 11 is 0. The van der Waals surface area contributed by atoms with Crippen molar-refractivity contribution in [1.29, 1.82) is 0 Å². The molecule has 3 aliphatic rings. The van der Waals surface area contributed by atoms with Gasteiger partial charge in [0, 0.05) is 11.3 Å². The van der Waals surface area contributed by atoms with Crippen LogP contribution in [0.5, 0.6) is 0 Å². The SMILES string of the molecule is CC1(C)CCC[C@@]2(C)[C@@H](c3ccoc3)[C@@H](O)[C@H]3O[C@@]312. The van der Waals surface area contributed by atoms with E-state index in [0.29, 0.717) is 0 Å². The molecule has 1 aromatic rings. The maximum Gasteiger partial charge on any atom is 0.115 e. The quantitative estimate of drug-likeness (QED) is 0.791. The van der Waals surface area contributed by atoms with Gasteiger partial charge in [-0.3, -0.25) is 0 Å². The van der Waals surface area contributed by atoms with Crippen LogP contribution in [0, 0.1) is 10.8 Å². The Hall–Kier alpha value is -0.800. The average molecular weight is 262 g/mol. The summed E-state index contributed by atoms with van der Waals surface area (Å²) in [7, 11) is 0. The number of ether oxygens (including phenoxy) is 1. The Kier molecular flexibility index (Phi) is 2.06. The third-order valence-corrected chi connectivity index (χ3v) is 6.25. The van der Waals surface area contributed by atoms with Crippen molar-refractivity contribution in [3.8, 4) is 0 Å². The number of epoxide rings is 1. The summed E-state index contributed by atoms with van der Waals surface area (Å²) in [6.07, 6.45) is 6.62. The van der Waals surface area contributed by atoms with E-state index < -0.39 is 6.10 Å². The van der Waals surface area contributed by atoms with Crippen LogP contribution in [-0.4, -0.2) is 22.9 Å². The molecule has 4 rings (SSSR count). The fourth-order valence-corrected chi connectivity index (χ4v) is 5.48. The summed E-state index contributed by atoms with van der Waals surface area (Å²) in [5.41, 5.74) is 1.15. The van der Waals surface area contributed by atoms with Crippen molar-refractivity contribution >= 4 is 0 Å². The van der Waals surface area contributed by atoms with Crippen LogP contribution in [0.15, 0.2) is 23.0 Å². The van der Waals surface area contributed by atoms with Gasteiger partial charge in [0.1, 0.15) is 11.7 Å². The van der Waals surface area contributed by atoms with Crippen LogP contribution in [0.4, 0.5) is 0 Å². The van der Waals surface area contributed by atoms with Gasteiger partial charge in [-0.2, -0.15) is 0 Å². The van der Waals surface area contributed by atoms with Crippen LogP contribution < -0.4 is 0 Å². The number of rotatable bonds is 1. The minimum absolute atomic E-state index is 0.00713. The van der Waals surface area contributed by atoms with Crippen LogP contribution in [0.25, 0.3) is 0 Å². The Bertz CT molecular complexity index is 506. The van der Waals surface area contributed by atoms with Crippen molar-refractivity contribution in [1.82, 2.24) is 0 Å². The molecular weight excluding hydrogens is 240 g/mol. The van der Waals surface area contributed by atoms with Gasteiger partial charge in [0.05, 0.1) is 18.6 Å². The molecule has 0 bridgehead atoms. The van der Waals surface area contributed by atoms with Crippen molar-refractivity contribution in [3.63, 3.8) is 0 Å². The van der Waals surface area contributed by atoms with E-state index in [9.17, 15) is 5.11 Å². The molecule has 1 N–H and O–H groups in total. The molecule has 3 fully saturated rings. The van der Waals surface area contributed by atoms with Gasteiger partial charge in [0.25, 0.3) is 0 Å². The molecule has 1 spiro atoms. The Morgan fingerprint density at radius 1 is 1.26 bits per heavy atom. The van der Waals surface area contributed by atoms with E-state index in [4.69, 9.17) is 9.15 Å². The van der Waals surface area contributed by atoms with Crippen molar-refractivity contribution in [2.45, 2.75) is 63.8 Å². The fraction of sp³-hybridized carbons (Fsp3) is 0.750. The highest BCUT2D eigenvalue weighted by Crippen LogP contribution is 2.76. The summed E-state index contributed by atoms with van der Waals surface area (Å²) in [5, 5.41) is 10.7. The molecule has 3 nitrogen and oxygen atoms in total. The lowest BCUT2D eigenvalue weighted by atomic mass is 9.54. The van der Waals surface area contributed by atoms with Gasteiger partial charge in [0.15, 0.2) is 0 Å². The highest BCUT2D eigenvalue weighted by molar-refractivity contribution is 5.38. The number of hydrogen-bond acceptors (Lipinski definition) is 3. The summed E-state index contributed by atoms with van der Waals surface area (Å²) in [6, 6.07) is 2.00. The summed E-state index contributed by atoms with van der Waals surface area (Å²) in [4.78, 5) is 0. The number of aliphatic hydroxyl groups is 1. The van der Waals surface area contributed by atoms with Crippen molar-refractivity contribution in [2.75, 3.05) is 0 Å². The molecule has 1 aliphatic heterocycles. The third kappa shape index (κ3) is 1.13. The topological polar surface area (TPSA) is 45.9 Å². The first-order chi connectivity index (χ1) is 8.94. The second-order valence-corrected chi connectivity index (χ2v) is 7.45. The van der Waals surface area contributed by atoms with Crippen LogP contribution in [0.2, 0.25) is 0 Å². The molecule has 104 valence electrons. The minimum Gasteiger partial charge on any atom is -0.472 e. The molecule has 2 aliphatic carbocycles. The number of hydrogen-bond donors (Lipinski definition) is 1. The molecular formula is C16H22O3. The molecule has 2 heterocycles. The smallest absolute Gasteiger partial charge is 0.115 e. The molecule has 3 heteroatoms. The first-order valence-corrected chi connectivity index (χ1v) is 7.32. The Balaban J connectivity index is 1.85. The van der Waals surface area contributed by atoms with Crippen LogP contribution in [0.3, 0.4) is 0 Å². The van der Waals surface area contributed by atoms with E-state index in [-0.39, 0.29) is 28.5 Å². The van der Waals surface area contributed by atoms with E-state index >= 15 is 0 Å². The average Bonchev–Trinajstić information content (AvgIpc) is 2.84. The zero-order valence-corrected chi connectivity index (χ0v) is 11.8. The van der Waals surface area contributed by atoms with Crippen LogP contribution in [0.1, 0.15) is 51.5 Å². The molecule has 0 radical (unpaired) electrons. The van der Waals surface area contributed by atoms with Gasteiger partial charge in [-0.05, 0) is 29.9 Å². The Labute approximate surface area is 113 Å². The van der Waals surface area contributed by atoms with E-state index in [1.165, 1.54) is 12.8 Å². The first-order valence-electron chi connectivity index (χ1n) is 7.32. The highest BCUT2D eigenvalue weighted by atomic mass is 16.6. The minimum atomic E-state index is -0.403. The molecule has 1 aromatic heterocycles. The lowest BCUT2D eigenvalue weighted by molar-refractivity contribution is -0.0654. The molecule has 0 unspecified atom stereocenters. The number of aliphatic hydroxyl groups excluding tert-OH is 1. The molecule has 19 heavy (non-hydrogen) atoms. The number of furan rings is 1. The maximum absolute atomic E-state index is 10.7. The second kappa shape index (κ2) is 3.26. The monoisotopic (exact) mass is 262 g/mol. The van der Waals surface area contributed by atoms with Gasteiger partial charge in [-0.1, -0.05) is 27.2 Å². The van der Waals surface area contributed by atoms with Gasteiger partial charge >= 0.3 is 0 Å². The zero-order valence-electron chi connectivity index (χ0n) is 11.8. The predicted molar refractivity (Wildman–Crippen MR) is 70.8 cm³/mol. The van der Waals surface area contributed by atoms with E-state index in [1.807, 2.05) is 6.07 Å². The molecule has 0 amide bonds. The highest BCUT2D eigenvalue weighted by Gasteiger charge is 2.83. The van der Waals surface area contributed by atoms with Crippen LogP contribution in [-0.2, 0) is 4.74 Å². The Morgan fingerprint density at radius 3 is 2.74 bits per heavy atom. The third-order valence-electron chi connectivity index (χ3n) is 6.25. The summed E-state index contributed by atoms with van der Waals surface area (Å²) < 4.78 is 11.4. The molecule has 2 saturated carbocycles. The van der Waals surface area contributed by atoms with Crippen molar-refractivity contribution in [2.24, 2.45) is 10.8 Å². The van der Waals surface area contributed by atoms with Gasteiger partial charge in [-0.15, -0.1) is 0 Å². The van der Waals surface area contributed by atoms with Crippen molar-refractivity contribution in [3.05, 3.63) is 24.2 Å². The Morgan fingerprint density at radius 2 is 2.05 bits per heavy atom. The van der Waals surface area contributed by atoms with E-state index in [1.54, 1.807) is 12.5 Å². The second-order valence-electron chi connectivity index (χ2n) is 7.45. The first kappa shape index (κ1) is 12.0. The van der Waals surface area contributed by atoms with Gasteiger partial charge < -0.3 is 14.3 Å². The largest absolute Gasteiger partial charge is 0.472 e. The zero-order chi connectivity index (χ0) is 13.5. The lowest BCUT2D eigenvalue weighted by Gasteiger charge is -2.50. The van der Waals surface area contributed by atoms with E-state index in [2.05, 4.69) is 20.8 Å². The standard InChI is InChI=1S/C16H22O3/c1-14(2)6-4-7-15(3)11(10-5-8-18-9-10)12(17)13-16(14,15)19-13/h5,8-9,11-13,17H,4,6-7H2,1-3H3/t11-,12+,13+,15-,16-/m0/s1. The predicted octanol–water partition coefficient (Wildman–Crippen LogP) is 3.09. The van der Waals surface area contributed by atoms with E-state index in [0.717, 1.165) is 12.0 Å². The lowest BCUT2D eigenvalue weighted by Crippen LogP contribution is -2.51. The summed E-state index contributed by atoms with van der Waals surface area (Å²) in [6.45, 7) is 6.91. The fourth-order valence-electron chi connectivity index (χ4n) is 5.48. The van der Waals surface area contributed by atoms with Gasteiger partial charge in [0.2, 0.25) is 0 Å². The van der Waals surface area contributed by atoms with Crippen LogP contribution >= 0.6 is 0 Å². The summed E-state index contributed by atoms with van der Waals surface area (Å²) in [5.74, 6) is 0.143. The normalized spacial score (nSPS) is 50.6. The molecule has 1 saturated heterocycles. The van der Waals surface area contributed by atoms with Crippen molar-refractivity contribution < 1.29 is 14.3 Å². The maximum atomic E-state index is 10.7. The molecule has 5 atom stereocenters.